The lowest BCUT2D eigenvalue weighted by molar-refractivity contribution is -0.362. The summed E-state index contributed by atoms with van der Waals surface area (Å²) in [6.07, 6.45) is 16.6. The Morgan fingerprint density at radius 1 is 0.303 bits per heavy atom. The van der Waals surface area contributed by atoms with Crippen molar-refractivity contribution in [1.82, 2.24) is 0 Å². The molecule has 2 fully saturated rings. The predicted octanol–water partition coefficient (Wildman–Crippen LogP) is 26.6. The third-order valence-corrected chi connectivity index (χ3v) is 26.1. The van der Waals surface area contributed by atoms with Crippen LogP contribution in [0.3, 0.4) is 0 Å². The van der Waals surface area contributed by atoms with Crippen molar-refractivity contribution in [3.05, 3.63) is 323 Å². The number of esters is 2. The minimum Gasteiger partial charge on any atom is -0.462 e. The number of carbonyl (C=O) groups is 2. The number of unbranched alkanes of at least 4 members (excludes halogenated alkanes) is 22. The molecule has 0 N–H and O–H groups in total. The minimum absolute atomic E-state index is 0.0135. The number of ether oxygens (including phenoxy) is 12. The molecule has 0 bridgehead atoms. The maximum atomic E-state index is 17.5. The smallest absolute Gasteiger partial charge is 0.462 e. The van der Waals surface area contributed by atoms with Crippen molar-refractivity contribution in [3.63, 3.8) is 0 Å². The molecule has 0 aromatic heterocycles. The van der Waals surface area contributed by atoms with Crippen molar-refractivity contribution in [2.45, 2.75) is 340 Å². The Balaban J connectivity index is 0.991. The number of hydrogen-bond donors (Lipinski definition) is 0. The predicted molar refractivity (Wildman–Crippen MR) is 520 cm³/mol. The van der Waals surface area contributed by atoms with Gasteiger partial charge in [0.05, 0.1) is 72.7 Å². The van der Waals surface area contributed by atoms with Crippen LogP contribution < -0.4 is 0 Å². The van der Waals surface area contributed by atoms with E-state index in [-0.39, 0.29) is 78.9 Å². The molecular weight excluding hydrogens is 1680 g/mol. The van der Waals surface area contributed by atoms with Crippen molar-refractivity contribution in [2.75, 3.05) is 19.8 Å². The molecule has 1 heterocycles. The van der Waals surface area contributed by atoms with Crippen LogP contribution in [0.25, 0.3) is 0 Å². The summed E-state index contributed by atoms with van der Waals surface area (Å²) < 4.78 is 126. The van der Waals surface area contributed by atoms with E-state index in [0.717, 1.165) is 89.5 Å². The highest BCUT2D eigenvalue weighted by Crippen LogP contribution is 2.55. The van der Waals surface area contributed by atoms with Gasteiger partial charge in [0.1, 0.15) is 67.6 Å². The van der Waals surface area contributed by atoms with Gasteiger partial charge in [0, 0.05) is 12.8 Å². The van der Waals surface area contributed by atoms with Crippen molar-refractivity contribution in [3.8, 4) is 0 Å². The van der Waals surface area contributed by atoms with Gasteiger partial charge in [-0.2, -0.15) is 0 Å². The Hall–Kier alpha value is -8.37. The molecule has 1 unspecified atom stereocenters. The van der Waals surface area contributed by atoms with Gasteiger partial charge in [-0.1, -0.05) is 454 Å². The Morgan fingerprint density at radius 3 is 0.955 bits per heavy atom. The fraction of sp³-hybridized carbons (Fsp3) is 0.504. The molecule has 2 aliphatic rings. The molecule has 18 nitrogen and oxygen atoms in total. The highest BCUT2D eigenvalue weighted by atomic mass is 31.2. The lowest BCUT2D eigenvalue weighted by atomic mass is 9.83. The third kappa shape index (κ3) is 39.1. The molecule has 0 radical (unpaired) electrons. The van der Waals surface area contributed by atoms with E-state index >= 15 is 4.57 Å². The molecule has 0 amide bonds. The molecule has 1 aliphatic carbocycles. The van der Waals surface area contributed by atoms with Crippen LogP contribution in [0.4, 0.5) is 0 Å². The van der Waals surface area contributed by atoms with Gasteiger partial charge in [-0.05, 0) is 68.8 Å². The first-order valence-corrected chi connectivity index (χ1v) is 51.0. The van der Waals surface area contributed by atoms with E-state index in [0.29, 0.717) is 24.3 Å². The van der Waals surface area contributed by atoms with E-state index in [4.69, 9.17) is 70.4 Å². The molecule has 11 rings (SSSR count). The molecule has 1 aliphatic heterocycles. The van der Waals surface area contributed by atoms with E-state index in [1.54, 1.807) is 0 Å². The van der Waals surface area contributed by atoms with Crippen LogP contribution >= 0.6 is 7.82 Å². The van der Waals surface area contributed by atoms with Crippen LogP contribution in [0, 0.1) is 5.92 Å². The fourth-order valence-corrected chi connectivity index (χ4v) is 18.6. The number of rotatable bonds is 68. The summed E-state index contributed by atoms with van der Waals surface area (Å²) in [7, 11) is -5.22. The SMILES string of the molecule is CCCCCCCCCCCCCCCC(=O)OC[C@H](COP(=O)(OCc1ccccc1)O[C@H]1[C@H](OCc2ccccc2)[C@@H](OCc2ccccc2)[C@H](OCc2ccccc2)[C@@H](OCc2ccccc2)[C@H]1O[C@H]1O[C@H](COCc2ccccc2)[C@@H](OCc2ccccc2)[C@H](OCc2ccccc2)[C@@H]1OCc1ccccc1)OC(=O)CCCCCCCC[C@H](C)CCCCCCCC. The summed E-state index contributed by atoms with van der Waals surface area (Å²) >= 11 is 0. The van der Waals surface area contributed by atoms with Crippen LogP contribution in [0.15, 0.2) is 273 Å². The average Bonchev–Trinajstić information content (AvgIpc) is 0.746. The second-order valence-corrected chi connectivity index (χ2v) is 37.3. The fourth-order valence-electron chi connectivity index (χ4n) is 17.2. The minimum atomic E-state index is -5.22. The van der Waals surface area contributed by atoms with Crippen molar-refractivity contribution in [2.24, 2.45) is 5.92 Å². The quantitative estimate of drug-likeness (QED) is 0.0198. The van der Waals surface area contributed by atoms with Gasteiger partial charge in [0.25, 0.3) is 0 Å². The topological polar surface area (TPSA) is 190 Å². The molecule has 14 atom stereocenters. The maximum Gasteiger partial charge on any atom is 0.475 e. The Bertz CT molecular complexity index is 4480. The van der Waals surface area contributed by atoms with Crippen molar-refractivity contribution in [1.29, 1.82) is 0 Å². The van der Waals surface area contributed by atoms with E-state index < -0.39 is 106 Å². The number of carbonyl (C=O) groups excluding carboxylic acids is 2. The van der Waals surface area contributed by atoms with Gasteiger partial charge < -0.3 is 56.8 Å². The molecule has 9 aromatic rings. The monoisotopic (exact) mass is 1830 g/mol. The maximum absolute atomic E-state index is 17.5. The lowest BCUT2D eigenvalue weighted by Gasteiger charge is -2.52. The van der Waals surface area contributed by atoms with Gasteiger partial charge in [-0.25, -0.2) is 4.57 Å². The second kappa shape index (κ2) is 62.3. The van der Waals surface area contributed by atoms with Gasteiger partial charge >= 0.3 is 19.8 Å². The van der Waals surface area contributed by atoms with Crippen LogP contribution in [-0.4, -0.2) is 105 Å². The first-order valence-electron chi connectivity index (χ1n) is 49.5. The van der Waals surface area contributed by atoms with Gasteiger partial charge in [-0.15, -0.1) is 0 Å². The summed E-state index contributed by atoms with van der Waals surface area (Å²) in [5.41, 5.74) is 7.48. The molecule has 0 spiro atoms. The summed E-state index contributed by atoms with van der Waals surface area (Å²) in [4.78, 5) is 28.7. The highest BCUT2D eigenvalue weighted by molar-refractivity contribution is 7.48. The summed E-state index contributed by atoms with van der Waals surface area (Å²) in [5, 5.41) is 0. The Kier molecular flexibility index (Phi) is 49.1. The van der Waals surface area contributed by atoms with E-state index in [1.165, 1.54) is 116 Å². The van der Waals surface area contributed by atoms with Gasteiger partial charge in [0.15, 0.2) is 12.4 Å². The van der Waals surface area contributed by atoms with Crippen LogP contribution in [0.2, 0.25) is 0 Å². The molecule has 132 heavy (non-hydrogen) atoms. The summed E-state index contributed by atoms with van der Waals surface area (Å²) in [5.74, 6) is -0.259. The lowest BCUT2D eigenvalue weighted by Crippen LogP contribution is -2.69. The largest absolute Gasteiger partial charge is 0.475 e. The van der Waals surface area contributed by atoms with Crippen LogP contribution in [0.1, 0.15) is 257 Å². The molecule has 714 valence electrons. The number of hydrogen-bond acceptors (Lipinski definition) is 18. The van der Waals surface area contributed by atoms with Gasteiger partial charge in [-0.3, -0.25) is 23.2 Å². The third-order valence-electron chi connectivity index (χ3n) is 24.7. The number of phosphoric acid groups is 1. The summed E-state index contributed by atoms with van der Waals surface area (Å²) in [6.45, 7) is 6.13. The molecule has 9 aromatic carbocycles. The first kappa shape index (κ1) is 104. The summed E-state index contributed by atoms with van der Waals surface area (Å²) in [6, 6.07) is 88.2. The van der Waals surface area contributed by atoms with Crippen molar-refractivity contribution < 1.29 is 84.6 Å². The number of benzene rings is 9. The number of phosphoric ester groups is 1. The first-order chi connectivity index (χ1) is 65.0. The van der Waals surface area contributed by atoms with E-state index in [1.807, 2.05) is 273 Å². The standard InChI is InChI=1S/C113H149O18P/c1-4-6-8-10-12-13-14-15-16-17-18-23-54-76-102(114)118-87-100(128-103(115)77-55-24-20-19-22-35-57-90(3)56-34-21-11-9-7-5-2)88-127-132(116,126-86-99-74-52-33-53-75-99)131-111-109(124-84-97-70-48-31-49-71-97)107(122-82-95-66-44-29-45-67-95)106(121-81-94-64-42-28-43-65-94)108(123-83-96-68-46-30-47-69-96)110(111)130-113-112(125-85-98-72-50-32-51-73-98)105(120-80-93-62-40-27-41-63-93)104(119-79-92-60-38-26-39-61-92)101(129-113)89-117-78-91-58-36-25-37-59-91/h25-33,36-53,58-75,90,100-101,104-113H,4-24,34-35,54-57,76-89H2,1-3H3/t90-,100-,101-,104-,105+,106+,107+,108-,109-,110-,111+,112+,113-,132?/m1/s1. The zero-order valence-electron chi connectivity index (χ0n) is 78.8. The molecule has 19 heteroatoms. The van der Waals surface area contributed by atoms with Gasteiger partial charge in [0.2, 0.25) is 0 Å². The second-order valence-electron chi connectivity index (χ2n) is 35.7. The van der Waals surface area contributed by atoms with E-state index in [9.17, 15) is 9.59 Å². The zero-order chi connectivity index (χ0) is 91.8. The van der Waals surface area contributed by atoms with Crippen LogP contribution in [0.5, 0.6) is 0 Å². The zero-order valence-corrected chi connectivity index (χ0v) is 79.7. The van der Waals surface area contributed by atoms with Crippen LogP contribution in [-0.2, 0) is 144 Å². The highest BCUT2D eigenvalue weighted by Gasteiger charge is 2.60. The molecular formula is C113H149O18P. The van der Waals surface area contributed by atoms with E-state index in [2.05, 4.69) is 20.8 Å². The Morgan fingerprint density at radius 2 is 0.591 bits per heavy atom. The molecule has 1 saturated heterocycles. The van der Waals surface area contributed by atoms with Crippen molar-refractivity contribution >= 4 is 19.8 Å². The normalized spacial score (nSPS) is 20.0. The Labute approximate surface area is 788 Å². The average molecular weight is 1830 g/mol. The molecule has 1 saturated carbocycles.